The molecule has 1 N–H and O–H groups in total. The lowest BCUT2D eigenvalue weighted by molar-refractivity contribution is -0.147. The molecule has 0 fully saturated rings. The van der Waals surface area contributed by atoms with Crippen LogP contribution >= 0.6 is 11.3 Å². The van der Waals surface area contributed by atoms with Crippen molar-refractivity contribution in [2.75, 3.05) is 7.05 Å². The number of aryl methyl sites for hydroxylation is 1. The van der Waals surface area contributed by atoms with Crippen LogP contribution in [0.3, 0.4) is 0 Å². The topological polar surface area (TPSA) is 75.4 Å². The summed E-state index contributed by atoms with van der Waals surface area (Å²) in [7, 11) is 3.37. The van der Waals surface area contributed by atoms with E-state index in [-0.39, 0.29) is 11.8 Å². The first-order valence-electron chi connectivity index (χ1n) is 7.05. The smallest absolute Gasteiger partial charge is 0.329 e. The van der Waals surface area contributed by atoms with Crippen LogP contribution in [0.2, 0.25) is 0 Å². The molecule has 0 saturated carbocycles. The molecule has 1 amide bonds. The Labute approximate surface area is 133 Å². The van der Waals surface area contributed by atoms with Crippen LogP contribution in [0.5, 0.6) is 0 Å². The van der Waals surface area contributed by atoms with E-state index < -0.39 is 11.5 Å². The molecule has 0 saturated heterocycles. The molecule has 120 valence electrons. The number of carbonyl (C=O) groups excluding carboxylic acids is 1. The van der Waals surface area contributed by atoms with Gasteiger partial charge in [0.2, 0.25) is 0 Å². The molecule has 6 nitrogen and oxygen atoms in total. The number of aliphatic carboxylic acids is 1. The fourth-order valence-corrected chi connectivity index (χ4v) is 3.22. The van der Waals surface area contributed by atoms with Gasteiger partial charge in [-0.05, 0) is 25.8 Å². The third-order valence-electron chi connectivity index (χ3n) is 3.96. The summed E-state index contributed by atoms with van der Waals surface area (Å²) in [6.45, 7) is 7.14. The second kappa shape index (κ2) is 5.39. The van der Waals surface area contributed by atoms with Crippen LogP contribution in [-0.2, 0) is 11.8 Å². The van der Waals surface area contributed by atoms with Gasteiger partial charge in [-0.1, -0.05) is 13.8 Å². The summed E-state index contributed by atoms with van der Waals surface area (Å²) >= 11 is 1.34. The van der Waals surface area contributed by atoms with Gasteiger partial charge in [0, 0.05) is 19.5 Å². The second-order valence-corrected chi connectivity index (χ2v) is 7.25. The van der Waals surface area contributed by atoms with Gasteiger partial charge >= 0.3 is 5.97 Å². The molecule has 0 bridgehead atoms. The van der Waals surface area contributed by atoms with Crippen molar-refractivity contribution < 1.29 is 14.7 Å². The lowest BCUT2D eigenvalue weighted by Crippen LogP contribution is -2.50. The highest BCUT2D eigenvalue weighted by Crippen LogP contribution is 2.32. The quantitative estimate of drug-likeness (QED) is 0.938. The van der Waals surface area contributed by atoms with Crippen LogP contribution in [0.1, 0.15) is 49.0 Å². The monoisotopic (exact) mass is 323 g/mol. The fraction of sp³-hybridized carbons (Fsp3) is 0.533. The summed E-state index contributed by atoms with van der Waals surface area (Å²) in [5.74, 6) is -1.06. The van der Waals surface area contributed by atoms with Crippen LogP contribution in [-0.4, -0.2) is 44.3 Å². The van der Waals surface area contributed by atoms with E-state index in [1.54, 1.807) is 4.68 Å². The molecular formula is C15H21N3O3S. The van der Waals surface area contributed by atoms with E-state index in [0.717, 1.165) is 15.9 Å². The molecule has 0 aromatic carbocycles. The van der Waals surface area contributed by atoms with Crippen molar-refractivity contribution in [2.45, 2.75) is 39.2 Å². The Balaban J connectivity index is 2.45. The number of likely N-dealkylation sites (N-methyl/N-ethyl adjacent to an activating group) is 1. The first kappa shape index (κ1) is 16.5. The van der Waals surface area contributed by atoms with E-state index in [1.165, 1.54) is 37.1 Å². The van der Waals surface area contributed by atoms with Crippen LogP contribution in [0.15, 0.2) is 6.07 Å². The Kier molecular flexibility index (Phi) is 4.04. The number of fused-ring (bicyclic) bond motifs is 1. The van der Waals surface area contributed by atoms with E-state index in [9.17, 15) is 14.7 Å². The highest BCUT2D eigenvalue weighted by Gasteiger charge is 2.36. The van der Waals surface area contributed by atoms with Crippen molar-refractivity contribution in [2.24, 2.45) is 7.05 Å². The maximum absolute atomic E-state index is 12.6. The minimum Gasteiger partial charge on any atom is -0.480 e. The summed E-state index contributed by atoms with van der Waals surface area (Å²) in [4.78, 5) is 26.6. The Morgan fingerprint density at radius 3 is 2.50 bits per heavy atom. The largest absolute Gasteiger partial charge is 0.480 e. The molecule has 0 spiro atoms. The Morgan fingerprint density at radius 2 is 2.00 bits per heavy atom. The SMILES string of the molecule is CC(C)c1nn(C)c2sc(C(=O)N(C)C(C)(C)C(=O)O)cc12. The van der Waals surface area contributed by atoms with Crippen molar-refractivity contribution in [3.8, 4) is 0 Å². The maximum atomic E-state index is 12.6. The van der Waals surface area contributed by atoms with Gasteiger partial charge in [-0.2, -0.15) is 5.10 Å². The maximum Gasteiger partial charge on any atom is 0.329 e. The molecule has 2 rings (SSSR count). The van der Waals surface area contributed by atoms with Gasteiger partial charge in [-0.15, -0.1) is 11.3 Å². The third kappa shape index (κ3) is 2.49. The van der Waals surface area contributed by atoms with Crippen LogP contribution in [0.4, 0.5) is 0 Å². The van der Waals surface area contributed by atoms with Crippen molar-refractivity contribution in [3.63, 3.8) is 0 Å². The lowest BCUT2D eigenvalue weighted by Gasteiger charge is -2.31. The first-order chi connectivity index (χ1) is 10.1. The Bertz CT molecular complexity index is 743. The number of carboxylic acid groups (broad SMARTS) is 1. The number of thiophene rings is 1. The number of carboxylic acids is 1. The van der Waals surface area contributed by atoms with Gasteiger partial charge < -0.3 is 10.0 Å². The third-order valence-corrected chi connectivity index (χ3v) is 5.15. The number of nitrogens with zero attached hydrogens (tertiary/aromatic N) is 3. The molecule has 0 aliphatic heterocycles. The zero-order chi connectivity index (χ0) is 16.8. The molecule has 2 aromatic heterocycles. The molecule has 0 atom stereocenters. The summed E-state index contributed by atoms with van der Waals surface area (Å²) in [5, 5.41) is 14.7. The zero-order valence-corrected chi connectivity index (χ0v) is 14.5. The Morgan fingerprint density at radius 1 is 1.41 bits per heavy atom. The van der Waals surface area contributed by atoms with Crippen LogP contribution in [0.25, 0.3) is 10.2 Å². The lowest BCUT2D eigenvalue weighted by atomic mass is 10.0. The Hall–Kier alpha value is -1.89. The summed E-state index contributed by atoms with van der Waals surface area (Å²) in [6, 6.07) is 1.82. The van der Waals surface area contributed by atoms with Crippen LogP contribution in [0, 0.1) is 0 Å². The second-order valence-electron chi connectivity index (χ2n) is 6.22. The predicted octanol–water partition coefficient (Wildman–Crippen LogP) is 2.69. The summed E-state index contributed by atoms with van der Waals surface area (Å²) < 4.78 is 1.77. The molecule has 0 unspecified atom stereocenters. The molecule has 22 heavy (non-hydrogen) atoms. The molecular weight excluding hydrogens is 302 g/mol. The van der Waals surface area contributed by atoms with E-state index in [2.05, 4.69) is 18.9 Å². The molecule has 0 aliphatic rings. The standard InChI is InChI=1S/C15H21N3O3S/c1-8(2)11-9-7-10(22-13(9)18(6)16-11)12(19)17(5)15(3,4)14(20)21/h7-8H,1-6H3,(H,20,21). The molecule has 2 aromatic rings. The number of hydrogen-bond donors (Lipinski definition) is 1. The number of hydrogen-bond acceptors (Lipinski definition) is 4. The predicted molar refractivity (Wildman–Crippen MR) is 86.5 cm³/mol. The fourth-order valence-electron chi connectivity index (χ4n) is 2.16. The van der Waals surface area contributed by atoms with Gasteiger partial charge in [0.15, 0.2) is 0 Å². The number of rotatable bonds is 4. The van der Waals surface area contributed by atoms with E-state index in [0.29, 0.717) is 4.88 Å². The zero-order valence-electron chi connectivity index (χ0n) is 13.7. The van der Waals surface area contributed by atoms with Crippen molar-refractivity contribution in [1.29, 1.82) is 0 Å². The highest BCUT2D eigenvalue weighted by molar-refractivity contribution is 7.20. The van der Waals surface area contributed by atoms with E-state index in [1.807, 2.05) is 13.1 Å². The van der Waals surface area contributed by atoms with E-state index >= 15 is 0 Å². The van der Waals surface area contributed by atoms with Gasteiger partial charge in [0.1, 0.15) is 10.4 Å². The summed E-state index contributed by atoms with van der Waals surface area (Å²) in [5.41, 5.74) is -0.306. The van der Waals surface area contributed by atoms with Crippen molar-refractivity contribution in [3.05, 3.63) is 16.6 Å². The van der Waals surface area contributed by atoms with Gasteiger partial charge in [0.25, 0.3) is 5.91 Å². The first-order valence-corrected chi connectivity index (χ1v) is 7.87. The molecule has 0 aliphatic carbocycles. The minimum atomic E-state index is -1.26. The summed E-state index contributed by atoms with van der Waals surface area (Å²) in [6.07, 6.45) is 0. The highest BCUT2D eigenvalue weighted by atomic mass is 32.1. The number of carbonyl (C=O) groups is 2. The van der Waals surface area contributed by atoms with Crippen molar-refractivity contribution >= 4 is 33.4 Å². The molecule has 7 heteroatoms. The van der Waals surface area contributed by atoms with Crippen molar-refractivity contribution in [1.82, 2.24) is 14.7 Å². The van der Waals surface area contributed by atoms with E-state index in [4.69, 9.17) is 0 Å². The average Bonchev–Trinajstić information content (AvgIpc) is 2.97. The van der Waals surface area contributed by atoms with Gasteiger partial charge in [0.05, 0.1) is 10.6 Å². The van der Waals surface area contributed by atoms with Gasteiger partial charge in [-0.3, -0.25) is 9.48 Å². The van der Waals surface area contributed by atoms with Crippen LogP contribution < -0.4 is 0 Å². The normalized spacial score (nSPS) is 12.1. The number of aromatic nitrogens is 2. The number of amides is 1. The van der Waals surface area contributed by atoms with Gasteiger partial charge in [-0.25, -0.2) is 4.79 Å². The average molecular weight is 323 g/mol. The molecule has 2 heterocycles. The molecule has 0 radical (unpaired) electrons. The minimum absolute atomic E-state index is 0.259.